The quantitative estimate of drug-likeness (QED) is 0.455. The monoisotopic (exact) mass is 334 g/mol. The summed E-state index contributed by atoms with van der Waals surface area (Å²) in [6.45, 7) is 23.0. The molecule has 0 amide bonds. The molecule has 0 rings (SSSR count). The van der Waals surface area contributed by atoms with E-state index in [4.69, 9.17) is 18.6 Å². The van der Waals surface area contributed by atoms with Gasteiger partial charge in [0.25, 0.3) is 0 Å². The molecule has 0 aromatic rings. The molecule has 5 heteroatoms. The zero-order valence-electron chi connectivity index (χ0n) is 5.72. The summed E-state index contributed by atoms with van der Waals surface area (Å²) in [4.78, 5) is 0. The summed E-state index contributed by atoms with van der Waals surface area (Å²) in [6, 6.07) is 0. The fourth-order valence-corrected chi connectivity index (χ4v) is 0. The molecule has 0 N–H and O–H groups in total. The molecule has 0 saturated carbocycles. The van der Waals surface area contributed by atoms with E-state index in [-0.39, 0.29) is 19.8 Å². The molecule has 0 fully saturated rings. The average Bonchev–Trinajstić information content (AvgIpc) is 2.20. The number of rotatable bonds is 0. The summed E-state index contributed by atoms with van der Waals surface area (Å²) in [5.74, 6) is 0. The van der Waals surface area contributed by atoms with Crippen LogP contribution in [0.3, 0.4) is 0 Å². The van der Waals surface area contributed by atoms with Crippen molar-refractivity contribution in [3.63, 3.8) is 0 Å². The van der Waals surface area contributed by atoms with Crippen molar-refractivity contribution < 1.29 is 38.4 Å². The van der Waals surface area contributed by atoms with Crippen LogP contribution < -0.4 is 0 Å². The van der Waals surface area contributed by atoms with Gasteiger partial charge in [-0.15, -0.1) is 0 Å². The topological polar surface area (TPSA) is 79.6 Å². The zero-order valence-corrected chi connectivity index (χ0v) is 8.43. The molecule has 4 nitrogen and oxygen atoms in total. The van der Waals surface area contributed by atoms with Crippen LogP contribution in [0.4, 0.5) is 0 Å². The molecule has 0 aromatic carbocycles. The Labute approximate surface area is 79.3 Å². The molecule has 0 aromatic heterocycles. The zero-order chi connectivity index (χ0) is 10.0. The Bertz CT molecular complexity index is 57.6. The maximum atomic E-state index is 7.50. The molecule has 0 aliphatic carbocycles. The van der Waals surface area contributed by atoms with Gasteiger partial charge in [-0.1, -0.05) is 0 Å². The van der Waals surface area contributed by atoms with Crippen LogP contribution in [-0.2, 0) is 38.4 Å². The predicted octanol–water partition coefficient (Wildman–Crippen LogP) is 0.420. The molecule has 63 valence electrons. The van der Waals surface area contributed by atoms with Crippen molar-refractivity contribution in [3.05, 3.63) is 33.5 Å². The number of hydrogen-bond acceptors (Lipinski definition) is 0. The first kappa shape index (κ1) is 46.2. The third-order valence-corrected chi connectivity index (χ3v) is 0. The maximum absolute atomic E-state index is 7.50. The van der Waals surface area contributed by atoms with Gasteiger partial charge in [0.1, 0.15) is 0 Å². The molecule has 0 aliphatic heterocycles. The normalized spacial score (nSPS) is 1.27. The van der Waals surface area contributed by atoms with Gasteiger partial charge in [-0.25, -0.2) is 0 Å². The Hall–Kier alpha value is -0.404. The SMILES string of the molecule is [C-]#[O+].[C-]#[O+].[C-]#[O+].[C-]#[O+].[CH2-]C.[OsH]. The third-order valence-electron chi connectivity index (χ3n) is 0. The summed E-state index contributed by atoms with van der Waals surface area (Å²) in [7, 11) is 0. The Morgan fingerprint density at radius 3 is 0.636 bits per heavy atom. The summed E-state index contributed by atoms with van der Waals surface area (Å²) < 4.78 is 30.0. The second-order valence-corrected chi connectivity index (χ2v) is 0. The van der Waals surface area contributed by atoms with E-state index in [9.17, 15) is 0 Å². The predicted molar refractivity (Wildman–Crippen MR) is 28.1 cm³/mol. The van der Waals surface area contributed by atoms with E-state index in [1.807, 2.05) is 0 Å². The molecule has 0 atom stereocenters. The van der Waals surface area contributed by atoms with E-state index in [2.05, 4.69) is 33.5 Å². The average molecular weight is 332 g/mol. The summed E-state index contributed by atoms with van der Waals surface area (Å²) in [5.41, 5.74) is 0. The van der Waals surface area contributed by atoms with Gasteiger partial charge in [-0.05, 0) is 0 Å². The van der Waals surface area contributed by atoms with Gasteiger partial charge in [0.05, 0.1) is 0 Å². The molecule has 11 heavy (non-hydrogen) atoms. The summed E-state index contributed by atoms with van der Waals surface area (Å²) in [6.07, 6.45) is 0. The fourth-order valence-electron chi connectivity index (χ4n) is 0. The molecule has 0 unspecified atom stereocenters. The first-order valence-corrected chi connectivity index (χ1v) is 1.52. The summed E-state index contributed by atoms with van der Waals surface area (Å²) in [5, 5.41) is 0. The standard InChI is InChI=1S/C2H5.4CO.Os.H/c5*1-2;;/h1H2,2H3;;;;;;/q-1;;;;;;. The van der Waals surface area contributed by atoms with Crippen LogP contribution in [0.25, 0.3) is 0 Å². The fraction of sp³-hybridized carbons (Fsp3) is 0.167. The Morgan fingerprint density at radius 1 is 0.636 bits per heavy atom. The van der Waals surface area contributed by atoms with Crippen LogP contribution in [0.15, 0.2) is 0 Å². The minimum absolute atomic E-state index is 0. The molecule has 0 saturated heterocycles. The van der Waals surface area contributed by atoms with Crippen molar-refractivity contribution in [3.8, 4) is 0 Å². The van der Waals surface area contributed by atoms with Crippen LogP contribution in [0.1, 0.15) is 6.92 Å². The van der Waals surface area contributed by atoms with Gasteiger partial charge in [0, 0.05) is 0 Å². The van der Waals surface area contributed by atoms with E-state index in [1.165, 1.54) is 0 Å². The van der Waals surface area contributed by atoms with Gasteiger partial charge in [0.2, 0.25) is 0 Å². The van der Waals surface area contributed by atoms with Gasteiger partial charge in [0.15, 0.2) is 0 Å². The molecular weight excluding hydrogens is 326 g/mol. The second-order valence-electron chi connectivity index (χ2n) is 0. The van der Waals surface area contributed by atoms with Crippen molar-refractivity contribution in [1.82, 2.24) is 0 Å². The molecule has 0 heterocycles. The molecule has 0 spiro atoms. The minimum atomic E-state index is 0. The van der Waals surface area contributed by atoms with Gasteiger partial charge in [-0.3, -0.25) is 0 Å². The van der Waals surface area contributed by atoms with Crippen LogP contribution in [0, 0.1) is 33.5 Å². The first-order valence-electron chi connectivity index (χ1n) is 1.52. The van der Waals surface area contributed by atoms with E-state index in [0.717, 1.165) is 0 Å². The van der Waals surface area contributed by atoms with Crippen molar-refractivity contribution in [2.24, 2.45) is 0 Å². The van der Waals surface area contributed by atoms with Crippen LogP contribution in [0.2, 0.25) is 0 Å². The molecular formula is C6H6O4Os-. The first-order chi connectivity index (χ1) is 5.00. The molecule has 0 aliphatic rings. The van der Waals surface area contributed by atoms with Gasteiger partial charge >= 0.3 is 65.0 Å². The Kier molecular flexibility index (Phi) is 18300. The van der Waals surface area contributed by atoms with Crippen LogP contribution in [0.5, 0.6) is 0 Å². The van der Waals surface area contributed by atoms with Crippen molar-refractivity contribution in [2.45, 2.75) is 6.92 Å². The van der Waals surface area contributed by atoms with E-state index in [0.29, 0.717) is 0 Å². The van der Waals surface area contributed by atoms with E-state index >= 15 is 0 Å². The van der Waals surface area contributed by atoms with Crippen LogP contribution in [-0.4, -0.2) is 0 Å². The Balaban J connectivity index is -0.00000000694. The summed E-state index contributed by atoms with van der Waals surface area (Å²) >= 11 is 0. The van der Waals surface area contributed by atoms with Gasteiger partial charge < -0.3 is 6.92 Å². The third kappa shape index (κ3) is 3400. The van der Waals surface area contributed by atoms with Crippen LogP contribution >= 0.6 is 0 Å². The number of hydrogen-bond donors (Lipinski definition) is 0. The van der Waals surface area contributed by atoms with E-state index in [1.54, 1.807) is 6.92 Å². The molecule has 0 radical (unpaired) electrons. The Morgan fingerprint density at radius 2 is 0.636 bits per heavy atom. The molecule has 0 bridgehead atoms. The van der Waals surface area contributed by atoms with Crippen molar-refractivity contribution >= 4 is 0 Å². The van der Waals surface area contributed by atoms with Crippen molar-refractivity contribution in [2.75, 3.05) is 0 Å². The second kappa shape index (κ2) is 4350. The van der Waals surface area contributed by atoms with Gasteiger partial charge in [-0.2, -0.15) is 6.92 Å². The van der Waals surface area contributed by atoms with Crippen molar-refractivity contribution in [1.29, 1.82) is 0 Å². The van der Waals surface area contributed by atoms with E-state index < -0.39 is 0 Å².